The van der Waals surface area contributed by atoms with Gasteiger partial charge in [0.1, 0.15) is 11.6 Å². The van der Waals surface area contributed by atoms with Gasteiger partial charge in [0.25, 0.3) is 5.56 Å². The Morgan fingerprint density at radius 1 is 1.04 bits per heavy atom. The highest BCUT2D eigenvalue weighted by atomic mass is 35.5. The molecule has 0 saturated heterocycles. The van der Waals surface area contributed by atoms with Gasteiger partial charge in [-0.05, 0) is 42.3 Å². The number of benzene rings is 2. The van der Waals surface area contributed by atoms with Crippen molar-refractivity contribution in [3.63, 3.8) is 0 Å². The largest absolute Gasteiger partial charge is 0.496 e. The quantitative estimate of drug-likeness (QED) is 0.664. The van der Waals surface area contributed by atoms with Crippen LogP contribution in [0.1, 0.15) is 17.8 Å². The van der Waals surface area contributed by atoms with Crippen LogP contribution in [-0.2, 0) is 6.54 Å². The fraction of sp³-hybridized carbons (Fsp3) is 0.238. The zero-order valence-electron chi connectivity index (χ0n) is 15.8. The Hall–Kier alpha value is -2.99. The van der Waals surface area contributed by atoms with Gasteiger partial charge in [-0.1, -0.05) is 11.6 Å². The first-order valence-corrected chi connectivity index (χ1v) is 9.14. The summed E-state index contributed by atoms with van der Waals surface area (Å²) in [6, 6.07) is 8.77. The van der Waals surface area contributed by atoms with Crippen LogP contribution in [0, 0.1) is 0 Å². The Balaban J connectivity index is 1.89. The highest BCUT2D eigenvalue weighted by Crippen LogP contribution is 2.37. The lowest BCUT2D eigenvalue weighted by Crippen LogP contribution is -2.20. The summed E-state index contributed by atoms with van der Waals surface area (Å²) in [5, 5.41) is 1.12. The second-order valence-corrected chi connectivity index (χ2v) is 6.86. The molecule has 0 spiro atoms. The maximum atomic E-state index is 12.8. The summed E-state index contributed by atoms with van der Waals surface area (Å²) in [5.41, 5.74) is 2.31. The van der Waals surface area contributed by atoms with E-state index in [0.717, 1.165) is 11.1 Å². The molecule has 3 aromatic rings. The molecule has 4 rings (SSSR count). The third-order valence-electron chi connectivity index (χ3n) is 4.87. The number of fused-ring (bicyclic) bond motifs is 2. The van der Waals surface area contributed by atoms with Gasteiger partial charge >= 0.3 is 0 Å². The van der Waals surface area contributed by atoms with E-state index in [0.29, 0.717) is 52.0 Å². The van der Waals surface area contributed by atoms with E-state index in [1.165, 1.54) is 0 Å². The molecule has 0 radical (unpaired) electrons. The van der Waals surface area contributed by atoms with E-state index >= 15 is 0 Å². The Bertz CT molecular complexity index is 1170. The van der Waals surface area contributed by atoms with Crippen LogP contribution in [-0.4, -0.2) is 30.9 Å². The van der Waals surface area contributed by atoms with Crippen molar-refractivity contribution in [3.8, 4) is 17.2 Å². The number of aromatic nitrogens is 2. The molecule has 0 unspecified atom stereocenters. The molecular formula is C21H19ClN2O4. The van der Waals surface area contributed by atoms with E-state index in [1.807, 2.05) is 12.1 Å². The lowest BCUT2D eigenvalue weighted by atomic mass is 10.1. The lowest BCUT2D eigenvalue weighted by molar-refractivity contribution is 0.348. The summed E-state index contributed by atoms with van der Waals surface area (Å²) >= 11 is 6.08. The first-order valence-electron chi connectivity index (χ1n) is 8.76. The molecule has 1 aromatic heterocycles. The van der Waals surface area contributed by atoms with Crippen molar-refractivity contribution in [2.24, 2.45) is 0 Å². The second-order valence-electron chi connectivity index (χ2n) is 6.42. The van der Waals surface area contributed by atoms with Gasteiger partial charge in [-0.15, -0.1) is 0 Å². The summed E-state index contributed by atoms with van der Waals surface area (Å²) in [4.78, 5) is 17.5. The number of nitrogens with zero attached hydrogens (tertiary/aromatic N) is 2. The molecule has 144 valence electrons. The van der Waals surface area contributed by atoms with E-state index in [9.17, 15) is 4.79 Å². The molecule has 1 aliphatic rings. The zero-order valence-corrected chi connectivity index (χ0v) is 16.5. The highest BCUT2D eigenvalue weighted by molar-refractivity contribution is 6.31. The third-order valence-corrected chi connectivity index (χ3v) is 5.11. The van der Waals surface area contributed by atoms with Gasteiger partial charge in [-0.25, -0.2) is 4.98 Å². The molecular weight excluding hydrogens is 380 g/mol. The van der Waals surface area contributed by atoms with Crippen molar-refractivity contribution < 1.29 is 14.2 Å². The minimum atomic E-state index is -0.0562. The van der Waals surface area contributed by atoms with Crippen LogP contribution in [0.2, 0.25) is 5.02 Å². The number of allylic oxidation sites excluding steroid dienone is 1. The molecule has 0 saturated carbocycles. The molecule has 0 amide bonds. The fourth-order valence-electron chi connectivity index (χ4n) is 3.48. The minimum absolute atomic E-state index is 0.0562. The van der Waals surface area contributed by atoms with Crippen molar-refractivity contribution >= 4 is 34.2 Å². The SMILES string of the molecule is COc1cc(OC)c(OC)cc1/C=C1\CCn2c1nc1cc(Cl)ccc1c2=O. The second kappa shape index (κ2) is 7.20. The molecule has 0 bridgehead atoms. The van der Waals surface area contributed by atoms with Gasteiger partial charge < -0.3 is 14.2 Å². The van der Waals surface area contributed by atoms with Crippen molar-refractivity contribution in [2.45, 2.75) is 13.0 Å². The van der Waals surface area contributed by atoms with Crippen LogP contribution in [0.5, 0.6) is 17.2 Å². The van der Waals surface area contributed by atoms with Gasteiger partial charge in [-0.2, -0.15) is 0 Å². The molecule has 7 heteroatoms. The van der Waals surface area contributed by atoms with Gasteiger partial charge in [0.15, 0.2) is 11.5 Å². The molecule has 0 N–H and O–H groups in total. The zero-order chi connectivity index (χ0) is 19.8. The van der Waals surface area contributed by atoms with Crippen molar-refractivity contribution in [2.75, 3.05) is 21.3 Å². The Kier molecular flexibility index (Phi) is 4.73. The smallest absolute Gasteiger partial charge is 0.261 e. The van der Waals surface area contributed by atoms with Gasteiger partial charge in [0, 0.05) is 23.2 Å². The number of hydrogen-bond acceptors (Lipinski definition) is 5. The van der Waals surface area contributed by atoms with E-state index < -0.39 is 0 Å². The molecule has 28 heavy (non-hydrogen) atoms. The highest BCUT2D eigenvalue weighted by Gasteiger charge is 2.22. The number of methoxy groups -OCH3 is 3. The third kappa shape index (κ3) is 2.99. The van der Waals surface area contributed by atoms with Crippen LogP contribution in [0.4, 0.5) is 0 Å². The standard InChI is InChI=1S/C21H19ClN2O4/c1-26-17-11-19(28-3)18(27-2)9-13(17)8-12-6-7-24-20(12)23-16-10-14(22)4-5-15(16)21(24)25/h4-5,8-11H,6-7H2,1-3H3/b12-8+. The molecule has 0 aliphatic carbocycles. The molecule has 6 nitrogen and oxygen atoms in total. The summed E-state index contributed by atoms with van der Waals surface area (Å²) in [5.74, 6) is 2.48. The van der Waals surface area contributed by atoms with E-state index in [4.69, 9.17) is 30.8 Å². The molecule has 0 atom stereocenters. The van der Waals surface area contributed by atoms with Crippen LogP contribution in [0.3, 0.4) is 0 Å². The molecule has 2 heterocycles. The van der Waals surface area contributed by atoms with Gasteiger partial charge in [0.05, 0.1) is 32.2 Å². The average Bonchev–Trinajstić information content (AvgIpc) is 3.10. The number of rotatable bonds is 4. The Morgan fingerprint density at radius 3 is 2.46 bits per heavy atom. The normalized spacial score (nSPS) is 14.4. The Morgan fingerprint density at radius 2 is 1.75 bits per heavy atom. The number of halogens is 1. The lowest BCUT2D eigenvalue weighted by Gasteiger charge is -2.13. The number of ether oxygens (including phenoxy) is 3. The van der Waals surface area contributed by atoms with Crippen LogP contribution in [0.15, 0.2) is 35.1 Å². The van der Waals surface area contributed by atoms with Crippen molar-refractivity contribution in [3.05, 3.63) is 57.1 Å². The van der Waals surface area contributed by atoms with Crippen molar-refractivity contribution in [1.29, 1.82) is 0 Å². The Labute approximate surface area is 166 Å². The minimum Gasteiger partial charge on any atom is -0.496 e. The monoisotopic (exact) mass is 398 g/mol. The predicted molar refractivity (Wildman–Crippen MR) is 110 cm³/mol. The first-order chi connectivity index (χ1) is 13.5. The molecule has 1 aliphatic heterocycles. The summed E-state index contributed by atoms with van der Waals surface area (Å²) in [7, 11) is 4.77. The van der Waals surface area contributed by atoms with Crippen molar-refractivity contribution in [1.82, 2.24) is 9.55 Å². The molecule has 2 aromatic carbocycles. The average molecular weight is 399 g/mol. The predicted octanol–water partition coefficient (Wildman–Crippen LogP) is 4.02. The van der Waals surface area contributed by atoms with Gasteiger partial charge in [0.2, 0.25) is 0 Å². The summed E-state index contributed by atoms with van der Waals surface area (Å²) in [6.07, 6.45) is 2.67. The van der Waals surface area contributed by atoms with Gasteiger partial charge in [-0.3, -0.25) is 9.36 Å². The number of hydrogen-bond donors (Lipinski definition) is 0. The summed E-state index contributed by atoms with van der Waals surface area (Å²) in [6.45, 7) is 0.584. The van der Waals surface area contributed by atoms with Crippen LogP contribution < -0.4 is 19.8 Å². The maximum Gasteiger partial charge on any atom is 0.261 e. The molecule has 0 fully saturated rings. The topological polar surface area (TPSA) is 62.6 Å². The fourth-order valence-corrected chi connectivity index (χ4v) is 3.65. The maximum absolute atomic E-state index is 12.8. The van der Waals surface area contributed by atoms with E-state index in [2.05, 4.69) is 0 Å². The van der Waals surface area contributed by atoms with Crippen LogP contribution in [0.25, 0.3) is 22.6 Å². The van der Waals surface area contributed by atoms with E-state index in [1.54, 1.807) is 50.2 Å². The van der Waals surface area contributed by atoms with E-state index in [-0.39, 0.29) is 5.56 Å². The first kappa shape index (κ1) is 18.4. The van der Waals surface area contributed by atoms with Crippen LogP contribution >= 0.6 is 11.6 Å². The summed E-state index contributed by atoms with van der Waals surface area (Å²) < 4.78 is 18.0.